The summed E-state index contributed by atoms with van der Waals surface area (Å²) in [6.07, 6.45) is 1.93. The molecule has 27 heavy (non-hydrogen) atoms. The number of carboxylic acid groups (broad SMARTS) is 1. The van der Waals surface area contributed by atoms with E-state index in [-0.39, 0.29) is 25.4 Å². The molecule has 0 fully saturated rings. The molecule has 1 rings (SSSR count). The molecular formula is C19H25BrN2O5. The molecule has 0 saturated carbocycles. The lowest BCUT2D eigenvalue weighted by Gasteiger charge is -2.13. The largest absolute Gasteiger partial charge is 0.480 e. The van der Waals surface area contributed by atoms with Crippen LogP contribution in [0.1, 0.15) is 37.7 Å². The van der Waals surface area contributed by atoms with Crippen LogP contribution in [0, 0.1) is 0 Å². The van der Waals surface area contributed by atoms with Crippen LogP contribution in [0.25, 0.3) is 0 Å². The van der Waals surface area contributed by atoms with Gasteiger partial charge in [0.25, 0.3) is 0 Å². The highest BCUT2D eigenvalue weighted by molar-refractivity contribution is 9.11. The molecule has 0 aromatic heterocycles. The minimum absolute atomic E-state index is 0.135. The summed E-state index contributed by atoms with van der Waals surface area (Å²) in [5.74, 6) is -1.41. The Hall–Kier alpha value is -2.35. The van der Waals surface area contributed by atoms with Gasteiger partial charge in [0.1, 0.15) is 12.6 Å². The average Bonchev–Trinajstić information content (AvgIpc) is 2.62. The Balaban J connectivity index is 2.08. The minimum atomic E-state index is -1.10. The van der Waals surface area contributed by atoms with Crippen LogP contribution in [0.5, 0.6) is 0 Å². The highest BCUT2D eigenvalue weighted by atomic mass is 79.9. The fourth-order valence-corrected chi connectivity index (χ4v) is 2.56. The summed E-state index contributed by atoms with van der Waals surface area (Å²) in [4.78, 5) is 34.4. The molecule has 0 aliphatic heterocycles. The van der Waals surface area contributed by atoms with E-state index in [1.165, 1.54) is 0 Å². The van der Waals surface area contributed by atoms with E-state index in [4.69, 9.17) is 9.84 Å². The molecule has 0 saturated heterocycles. The molecule has 0 aliphatic carbocycles. The number of hydrogen-bond acceptors (Lipinski definition) is 4. The quantitative estimate of drug-likeness (QED) is 0.432. The highest BCUT2D eigenvalue weighted by Crippen LogP contribution is 2.10. The summed E-state index contributed by atoms with van der Waals surface area (Å²) in [7, 11) is 0. The molecule has 0 aliphatic rings. The Morgan fingerprint density at radius 1 is 1.15 bits per heavy atom. The van der Waals surface area contributed by atoms with Gasteiger partial charge in [0.15, 0.2) is 0 Å². The predicted molar refractivity (Wildman–Crippen MR) is 105 cm³/mol. The summed E-state index contributed by atoms with van der Waals surface area (Å²) in [6, 6.07) is 8.42. The molecule has 0 radical (unpaired) electrons. The van der Waals surface area contributed by atoms with Crippen LogP contribution in [0.3, 0.4) is 0 Å². The first-order valence-corrected chi connectivity index (χ1v) is 9.47. The number of halogens is 1. The number of nitrogens with one attached hydrogen (secondary N) is 2. The maximum absolute atomic E-state index is 11.8. The smallest absolute Gasteiger partial charge is 0.407 e. The van der Waals surface area contributed by atoms with Crippen molar-refractivity contribution in [1.82, 2.24) is 10.6 Å². The van der Waals surface area contributed by atoms with Crippen molar-refractivity contribution in [3.05, 3.63) is 47.0 Å². The third kappa shape index (κ3) is 11.1. The van der Waals surface area contributed by atoms with Gasteiger partial charge >= 0.3 is 12.1 Å². The van der Waals surface area contributed by atoms with Gasteiger partial charge in [-0.15, -0.1) is 0 Å². The van der Waals surface area contributed by atoms with Gasteiger partial charge in [0.05, 0.1) is 0 Å². The van der Waals surface area contributed by atoms with Crippen molar-refractivity contribution in [2.24, 2.45) is 0 Å². The zero-order valence-electron chi connectivity index (χ0n) is 15.1. The van der Waals surface area contributed by atoms with E-state index < -0.39 is 18.1 Å². The topological polar surface area (TPSA) is 105 Å². The third-order valence-corrected chi connectivity index (χ3v) is 3.95. The molecule has 3 N–H and O–H groups in total. The van der Waals surface area contributed by atoms with Crippen LogP contribution < -0.4 is 10.6 Å². The fourth-order valence-electron chi connectivity index (χ4n) is 2.24. The van der Waals surface area contributed by atoms with Gasteiger partial charge in [-0.2, -0.15) is 0 Å². The normalized spacial score (nSPS) is 11.3. The SMILES string of the molecule is C=C(Br)C[C@@H](NC(=O)CCCCCNC(=O)OCc1ccccc1)C(=O)O. The Morgan fingerprint density at radius 3 is 2.48 bits per heavy atom. The molecule has 2 amide bonds. The Morgan fingerprint density at radius 2 is 1.85 bits per heavy atom. The molecule has 8 heteroatoms. The van der Waals surface area contributed by atoms with Crippen molar-refractivity contribution in [2.75, 3.05) is 6.54 Å². The molecule has 0 unspecified atom stereocenters. The van der Waals surface area contributed by atoms with E-state index >= 15 is 0 Å². The van der Waals surface area contributed by atoms with Crippen LogP contribution >= 0.6 is 15.9 Å². The van der Waals surface area contributed by atoms with E-state index in [1.54, 1.807) is 0 Å². The third-order valence-electron chi connectivity index (χ3n) is 3.62. The van der Waals surface area contributed by atoms with E-state index in [9.17, 15) is 14.4 Å². The molecule has 7 nitrogen and oxygen atoms in total. The number of rotatable bonds is 12. The number of carboxylic acids is 1. The minimum Gasteiger partial charge on any atom is -0.480 e. The van der Waals surface area contributed by atoms with Gasteiger partial charge in [-0.05, 0) is 22.9 Å². The maximum Gasteiger partial charge on any atom is 0.407 e. The number of ether oxygens (including phenoxy) is 1. The van der Waals surface area contributed by atoms with Crippen LogP contribution in [-0.4, -0.2) is 35.7 Å². The number of benzene rings is 1. The lowest BCUT2D eigenvalue weighted by Crippen LogP contribution is -2.40. The maximum atomic E-state index is 11.8. The Kier molecular flexibility index (Phi) is 10.9. The van der Waals surface area contributed by atoms with Crippen LogP contribution in [-0.2, 0) is 20.9 Å². The molecule has 0 heterocycles. The summed E-state index contributed by atoms with van der Waals surface area (Å²) in [6.45, 7) is 4.26. The zero-order valence-corrected chi connectivity index (χ0v) is 16.7. The second-order valence-corrected chi connectivity index (χ2v) is 7.10. The standard InChI is InChI=1S/C19H25BrN2O5/c1-14(20)12-16(18(24)25)22-17(23)10-6-3-7-11-21-19(26)27-13-15-8-4-2-5-9-15/h2,4-5,8-9,16H,1,3,6-7,10-13H2,(H,21,26)(H,22,23)(H,24,25)/t16-/m1/s1. The monoisotopic (exact) mass is 440 g/mol. The number of carbonyl (C=O) groups is 3. The van der Waals surface area contributed by atoms with Crippen molar-refractivity contribution >= 4 is 33.9 Å². The highest BCUT2D eigenvalue weighted by Gasteiger charge is 2.19. The number of hydrogen-bond donors (Lipinski definition) is 3. The van der Waals surface area contributed by atoms with Crippen molar-refractivity contribution in [1.29, 1.82) is 0 Å². The number of aliphatic carboxylic acids is 1. The number of carbonyl (C=O) groups excluding carboxylic acids is 2. The summed E-state index contributed by atoms with van der Waals surface area (Å²) < 4.78 is 5.60. The van der Waals surface area contributed by atoms with E-state index in [2.05, 4.69) is 33.1 Å². The molecule has 0 bridgehead atoms. The number of alkyl carbamates (subject to hydrolysis) is 1. The molecule has 1 atom stereocenters. The molecule has 0 spiro atoms. The first kappa shape index (κ1) is 22.7. The molecule has 148 valence electrons. The van der Waals surface area contributed by atoms with Crippen LogP contribution in [0.2, 0.25) is 0 Å². The predicted octanol–water partition coefficient (Wildman–Crippen LogP) is 3.34. The van der Waals surface area contributed by atoms with Crippen molar-refractivity contribution in [2.45, 2.75) is 44.8 Å². The number of amides is 2. The van der Waals surface area contributed by atoms with Gasteiger partial charge in [0.2, 0.25) is 5.91 Å². The van der Waals surface area contributed by atoms with E-state index in [1.807, 2.05) is 30.3 Å². The zero-order chi connectivity index (χ0) is 20.1. The van der Waals surface area contributed by atoms with Crippen molar-refractivity contribution in [3.63, 3.8) is 0 Å². The van der Waals surface area contributed by atoms with Crippen molar-refractivity contribution in [3.8, 4) is 0 Å². The van der Waals surface area contributed by atoms with Gasteiger partial charge < -0.3 is 20.5 Å². The van der Waals surface area contributed by atoms with Crippen LogP contribution in [0.4, 0.5) is 4.79 Å². The second kappa shape index (κ2) is 12.9. The van der Waals surface area contributed by atoms with Gasteiger partial charge in [-0.1, -0.05) is 59.3 Å². The molecular weight excluding hydrogens is 416 g/mol. The fraction of sp³-hybridized carbons (Fsp3) is 0.421. The van der Waals surface area contributed by atoms with Gasteiger partial charge in [-0.25, -0.2) is 9.59 Å². The van der Waals surface area contributed by atoms with Crippen molar-refractivity contribution < 1.29 is 24.2 Å². The average molecular weight is 441 g/mol. The first-order valence-electron chi connectivity index (χ1n) is 8.68. The van der Waals surface area contributed by atoms with E-state index in [0.29, 0.717) is 23.9 Å². The molecule has 1 aromatic carbocycles. The van der Waals surface area contributed by atoms with E-state index in [0.717, 1.165) is 12.0 Å². The van der Waals surface area contributed by atoms with Gasteiger partial charge in [-0.3, -0.25) is 4.79 Å². The lowest BCUT2D eigenvalue weighted by atomic mass is 10.1. The Labute approximate surface area is 167 Å². The lowest BCUT2D eigenvalue weighted by molar-refractivity contribution is -0.141. The summed E-state index contributed by atoms with van der Waals surface area (Å²) >= 11 is 3.10. The summed E-state index contributed by atoms with van der Waals surface area (Å²) in [5, 5.41) is 14.2. The van der Waals surface area contributed by atoms with Gasteiger partial charge in [0, 0.05) is 19.4 Å². The first-order chi connectivity index (χ1) is 12.9. The summed E-state index contributed by atoms with van der Waals surface area (Å²) in [5.41, 5.74) is 0.918. The Bertz CT molecular complexity index is 636. The number of unbranched alkanes of at least 4 members (excludes halogenated alkanes) is 2. The van der Waals surface area contributed by atoms with Crippen LogP contribution in [0.15, 0.2) is 41.4 Å². The molecule has 1 aromatic rings. The second-order valence-electron chi connectivity index (χ2n) is 5.98.